The van der Waals surface area contributed by atoms with Crippen molar-refractivity contribution in [2.24, 2.45) is 0 Å². The summed E-state index contributed by atoms with van der Waals surface area (Å²) < 4.78 is 0. The Morgan fingerprint density at radius 1 is 1.26 bits per heavy atom. The first kappa shape index (κ1) is 18.9. The van der Waals surface area contributed by atoms with Gasteiger partial charge < -0.3 is 25.3 Å². The fourth-order valence-corrected chi connectivity index (χ4v) is 2.49. The van der Waals surface area contributed by atoms with Gasteiger partial charge in [-0.25, -0.2) is 4.79 Å². The third-order valence-corrected chi connectivity index (χ3v) is 3.59. The second kappa shape index (κ2) is 8.47. The van der Waals surface area contributed by atoms with Gasteiger partial charge >= 0.3 is 11.9 Å². The van der Waals surface area contributed by atoms with Gasteiger partial charge in [-0.2, -0.15) is 0 Å². The van der Waals surface area contributed by atoms with Crippen molar-refractivity contribution in [1.82, 2.24) is 15.1 Å². The SMILES string of the molecule is CN(C)CC(=O)N1CCC[C@H]1C(=O)N[C@@H](CCC(=O)O)C(=O)O. The van der Waals surface area contributed by atoms with Crippen molar-refractivity contribution in [3.8, 4) is 0 Å². The van der Waals surface area contributed by atoms with Gasteiger partial charge in [0.15, 0.2) is 0 Å². The normalized spacial score (nSPS) is 18.7. The van der Waals surface area contributed by atoms with E-state index in [0.29, 0.717) is 19.4 Å². The molecule has 3 N–H and O–H groups in total. The van der Waals surface area contributed by atoms with Gasteiger partial charge in [-0.3, -0.25) is 14.4 Å². The lowest BCUT2D eigenvalue weighted by atomic mass is 10.1. The first-order valence-electron chi connectivity index (χ1n) is 7.41. The molecule has 0 radical (unpaired) electrons. The third-order valence-electron chi connectivity index (χ3n) is 3.59. The average Bonchev–Trinajstić information content (AvgIpc) is 2.91. The van der Waals surface area contributed by atoms with Gasteiger partial charge in [0.1, 0.15) is 12.1 Å². The van der Waals surface area contributed by atoms with E-state index < -0.39 is 29.9 Å². The number of aliphatic carboxylic acids is 2. The molecule has 0 aromatic heterocycles. The van der Waals surface area contributed by atoms with E-state index in [9.17, 15) is 19.2 Å². The molecule has 0 aromatic rings. The minimum absolute atomic E-state index is 0.172. The Morgan fingerprint density at radius 3 is 2.43 bits per heavy atom. The van der Waals surface area contributed by atoms with Crippen LogP contribution in [0.5, 0.6) is 0 Å². The largest absolute Gasteiger partial charge is 0.481 e. The lowest BCUT2D eigenvalue weighted by Crippen LogP contribution is -2.52. The van der Waals surface area contributed by atoms with Crippen LogP contribution in [0.15, 0.2) is 0 Å². The number of carboxylic acid groups (broad SMARTS) is 2. The van der Waals surface area contributed by atoms with E-state index in [4.69, 9.17) is 10.2 Å². The Morgan fingerprint density at radius 2 is 1.91 bits per heavy atom. The number of nitrogens with zero attached hydrogens (tertiary/aromatic N) is 2. The number of likely N-dealkylation sites (tertiary alicyclic amines) is 1. The molecule has 1 aliphatic rings. The van der Waals surface area contributed by atoms with Crippen LogP contribution >= 0.6 is 0 Å². The minimum Gasteiger partial charge on any atom is -0.481 e. The summed E-state index contributed by atoms with van der Waals surface area (Å²) >= 11 is 0. The lowest BCUT2D eigenvalue weighted by molar-refractivity contribution is -0.144. The Bertz CT molecular complexity index is 479. The zero-order valence-electron chi connectivity index (χ0n) is 13.3. The Kier molecular flexibility index (Phi) is 6.95. The van der Waals surface area contributed by atoms with E-state index in [1.807, 2.05) is 0 Å². The van der Waals surface area contributed by atoms with E-state index in [1.165, 1.54) is 4.90 Å². The summed E-state index contributed by atoms with van der Waals surface area (Å²) in [5.41, 5.74) is 0. The summed E-state index contributed by atoms with van der Waals surface area (Å²) in [7, 11) is 3.49. The maximum atomic E-state index is 12.3. The van der Waals surface area contributed by atoms with E-state index in [2.05, 4.69) is 5.32 Å². The Hall–Kier alpha value is -2.16. The molecule has 1 aliphatic heterocycles. The molecular weight excluding hydrogens is 306 g/mol. The number of carbonyl (C=O) groups is 4. The predicted molar refractivity (Wildman–Crippen MR) is 79.7 cm³/mol. The smallest absolute Gasteiger partial charge is 0.326 e. The molecule has 2 amide bonds. The van der Waals surface area contributed by atoms with E-state index in [-0.39, 0.29) is 25.3 Å². The van der Waals surface area contributed by atoms with Crippen LogP contribution in [0.4, 0.5) is 0 Å². The molecule has 1 heterocycles. The number of carbonyl (C=O) groups excluding carboxylic acids is 2. The van der Waals surface area contributed by atoms with Crippen LogP contribution in [0.2, 0.25) is 0 Å². The average molecular weight is 329 g/mol. The predicted octanol–water partition coefficient (Wildman–Crippen LogP) is -1.03. The van der Waals surface area contributed by atoms with Crippen molar-refractivity contribution in [2.45, 2.75) is 37.8 Å². The molecule has 9 heteroatoms. The summed E-state index contributed by atoms with van der Waals surface area (Å²) in [5.74, 6) is -3.16. The highest BCUT2D eigenvalue weighted by atomic mass is 16.4. The van der Waals surface area contributed by atoms with Crippen LogP contribution in [0.3, 0.4) is 0 Å². The molecule has 0 aromatic carbocycles. The number of carboxylic acids is 2. The van der Waals surface area contributed by atoms with Gasteiger partial charge in [0.25, 0.3) is 0 Å². The molecule has 0 spiro atoms. The van der Waals surface area contributed by atoms with E-state index in [0.717, 1.165) is 0 Å². The molecular formula is C14H23N3O6. The van der Waals surface area contributed by atoms with Crippen LogP contribution in [-0.2, 0) is 19.2 Å². The molecule has 0 bridgehead atoms. The molecule has 130 valence electrons. The number of nitrogens with one attached hydrogen (secondary N) is 1. The highest BCUT2D eigenvalue weighted by molar-refractivity contribution is 5.91. The molecule has 2 atom stereocenters. The molecule has 9 nitrogen and oxygen atoms in total. The van der Waals surface area contributed by atoms with Gasteiger partial charge in [-0.05, 0) is 33.4 Å². The van der Waals surface area contributed by atoms with Crippen LogP contribution in [-0.4, -0.2) is 83.0 Å². The first-order valence-corrected chi connectivity index (χ1v) is 7.41. The van der Waals surface area contributed by atoms with Crippen LogP contribution in [0, 0.1) is 0 Å². The number of amides is 2. The van der Waals surface area contributed by atoms with E-state index in [1.54, 1.807) is 19.0 Å². The fraction of sp³-hybridized carbons (Fsp3) is 0.714. The van der Waals surface area contributed by atoms with Gasteiger partial charge in [-0.15, -0.1) is 0 Å². The first-order chi connectivity index (χ1) is 10.7. The molecule has 0 aliphatic carbocycles. The summed E-state index contributed by atoms with van der Waals surface area (Å²) in [6.45, 7) is 0.628. The van der Waals surface area contributed by atoms with Gasteiger partial charge in [0, 0.05) is 13.0 Å². The van der Waals surface area contributed by atoms with Crippen LogP contribution in [0.25, 0.3) is 0 Å². The van der Waals surface area contributed by atoms with Crippen molar-refractivity contribution in [1.29, 1.82) is 0 Å². The quantitative estimate of drug-likeness (QED) is 0.520. The minimum atomic E-state index is -1.29. The number of rotatable bonds is 8. The van der Waals surface area contributed by atoms with Crippen LogP contribution < -0.4 is 5.32 Å². The molecule has 1 saturated heterocycles. The highest BCUT2D eigenvalue weighted by Gasteiger charge is 2.35. The summed E-state index contributed by atoms with van der Waals surface area (Å²) in [5, 5.41) is 20.0. The highest BCUT2D eigenvalue weighted by Crippen LogP contribution is 2.18. The molecule has 0 saturated carbocycles. The number of hydrogen-bond acceptors (Lipinski definition) is 5. The van der Waals surface area contributed by atoms with Crippen molar-refractivity contribution in [2.75, 3.05) is 27.2 Å². The number of likely N-dealkylation sites (N-methyl/N-ethyl adjacent to an activating group) is 1. The zero-order chi connectivity index (χ0) is 17.6. The molecule has 1 fully saturated rings. The maximum absolute atomic E-state index is 12.3. The summed E-state index contributed by atoms with van der Waals surface area (Å²) in [4.78, 5) is 49.2. The second-order valence-corrected chi connectivity index (χ2v) is 5.81. The molecule has 23 heavy (non-hydrogen) atoms. The van der Waals surface area contributed by atoms with Crippen molar-refractivity contribution < 1.29 is 29.4 Å². The molecule has 1 rings (SSSR count). The Labute approximate surface area is 134 Å². The fourth-order valence-electron chi connectivity index (χ4n) is 2.49. The van der Waals surface area contributed by atoms with Gasteiger partial charge in [0.05, 0.1) is 6.54 Å². The van der Waals surface area contributed by atoms with Crippen molar-refractivity contribution >= 4 is 23.8 Å². The monoisotopic (exact) mass is 329 g/mol. The maximum Gasteiger partial charge on any atom is 0.326 e. The van der Waals surface area contributed by atoms with Crippen molar-refractivity contribution in [3.05, 3.63) is 0 Å². The lowest BCUT2D eigenvalue weighted by Gasteiger charge is -2.26. The van der Waals surface area contributed by atoms with E-state index >= 15 is 0 Å². The third kappa shape index (κ3) is 5.85. The van der Waals surface area contributed by atoms with Gasteiger partial charge in [0.2, 0.25) is 11.8 Å². The van der Waals surface area contributed by atoms with Gasteiger partial charge in [-0.1, -0.05) is 0 Å². The second-order valence-electron chi connectivity index (χ2n) is 5.81. The topological polar surface area (TPSA) is 127 Å². The summed E-state index contributed by atoms with van der Waals surface area (Å²) in [6.07, 6.45) is 0.584. The summed E-state index contributed by atoms with van der Waals surface area (Å²) in [6, 6.07) is -1.97. The van der Waals surface area contributed by atoms with Crippen molar-refractivity contribution in [3.63, 3.8) is 0 Å². The Balaban J connectivity index is 2.68. The zero-order valence-corrected chi connectivity index (χ0v) is 13.3. The van der Waals surface area contributed by atoms with Crippen LogP contribution in [0.1, 0.15) is 25.7 Å². The standard InChI is InChI=1S/C14H23N3O6/c1-16(2)8-11(18)17-7-3-4-10(17)13(21)15-9(14(22)23)5-6-12(19)20/h9-10H,3-8H2,1-2H3,(H,15,21)(H,19,20)(H,22,23)/t9-,10-/m0/s1. The molecule has 0 unspecified atom stereocenters. The number of hydrogen-bond donors (Lipinski definition) is 3.